The summed E-state index contributed by atoms with van der Waals surface area (Å²) in [7, 11) is 0. The smallest absolute Gasteiger partial charge is 0.287 e. The van der Waals surface area contributed by atoms with Gasteiger partial charge in [0.05, 0.1) is 11.7 Å². The Morgan fingerprint density at radius 1 is 0.756 bits per heavy atom. The van der Waals surface area contributed by atoms with Crippen molar-refractivity contribution in [2.24, 2.45) is 0 Å². The maximum Gasteiger partial charge on any atom is 0.287 e. The van der Waals surface area contributed by atoms with E-state index in [1.807, 2.05) is 0 Å². The highest BCUT2D eigenvalue weighted by atomic mass is 16.7. The van der Waals surface area contributed by atoms with Gasteiger partial charge in [-0.15, -0.1) is 0 Å². The second-order valence-corrected chi connectivity index (χ2v) is 10.2. The van der Waals surface area contributed by atoms with Gasteiger partial charge in [0.2, 0.25) is 5.78 Å². The van der Waals surface area contributed by atoms with Crippen molar-refractivity contribution < 1.29 is 54.8 Å². The molecular weight excluding hydrogens is 536 g/mol. The molecule has 3 heterocycles. The lowest BCUT2D eigenvalue weighted by Gasteiger charge is -2.37. The van der Waals surface area contributed by atoms with Crippen LogP contribution in [0.1, 0.15) is 38.7 Å². The number of carbonyl (C=O) groups is 1. The third kappa shape index (κ3) is 3.24. The lowest BCUT2D eigenvalue weighted by atomic mass is 9.77. The number of benzene rings is 4. The quantitative estimate of drug-likeness (QED) is 0.192. The Kier molecular flexibility index (Phi) is 4.97. The molecule has 4 atom stereocenters. The predicted molar refractivity (Wildman–Crippen MR) is 138 cm³/mol. The molecule has 0 saturated heterocycles. The molecule has 4 aromatic rings. The van der Waals surface area contributed by atoms with E-state index in [-0.39, 0.29) is 63.2 Å². The van der Waals surface area contributed by atoms with E-state index in [0.29, 0.717) is 5.56 Å². The minimum absolute atomic E-state index is 0.00456. The largest absolute Gasteiger partial charge is 0.508 e. The van der Waals surface area contributed by atoms with Crippen LogP contribution in [0.2, 0.25) is 0 Å². The zero-order chi connectivity index (χ0) is 28.8. The minimum atomic E-state index is -2.63. The Bertz CT molecular complexity index is 1750. The summed E-state index contributed by atoms with van der Waals surface area (Å²) < 4.78 is 18.5. The van der Waals surface area contributed by atoms with Gasteiger partial charge in [-0.3, -0.25) is 4.79 Å². The number of aliphatic hydroxyl groups is 2. The van der Waals surface area contributed by atoms with E-state index in [4.69, 9.17) is 14.2 Å². The van der Waals surface area contributed by atoms with Crippen molar-refractivity contribution >= 4 is 5.78 Å². The number of phenols is 5. The van der Waals surface area contributed by atoms with Gasteiger partial charge in [-0.1, -0.05) is 12.1 Å². The van der Waals surface area contributed by atoms with E-state index in [0.717, 1.165) is 12.1 Å². The zero-order valence-corrected chi connectivity index (χ0v) is 21.0. The molecule has 0 fully saturated rings. The maximum absolute atomic E-state index is 14.3. The molecule has 0 amide bonds. The van der Waals surface area contributed by atoms with E-state index in [9.17, 15) is 40.5 Å². The summed E-state index contributed by atoms with van der Waals surface area (Å²) in [5.41, 5.74) is -2.34. The molecule has 7 rings (SSSR count). The molecular formula is C30H22O11. The highest BCUT2D eigenvalue weighted by Crippen LogP contribution is 2.64. The summed E-state index contributed by atoms with van der Waals surface area (Å²) in [4.78, 5) is 14.3. The van der Waals surface area contributed by atoms with Crippen LogP contribution in [-0.4, -0.2) is 47.6 Å². The first kappa shape index (κ1) is 24.9. The highest BCUT2D eigenvalue weighted by molar-refractivity contribution is 6.12. The van der Waals surface area contributed by atoms with Gasteiger partial charge in [-0.25, -0.2) is 0 Å². The van der Waals surface area contributed by atoms with Crippen LogP contribution in [0.4, 0.5) is 0 Å². The SMILES string of the molecule is O=C1c2c(O)cc(O)cc2O[C@]12c1c(cc(O)c3c1O[C@@H](c1ccc(O)cc1)[C@H](O)C3)O[C@@]2(O)c1ccc(O)cc1. The van der Waals surface area contributed by atoms with Crippen LogP contribution < -0.4 is 14.2 Å². The van der Waals surface area contributed by atoms with Crippen LogP contribution in [-0.2, 0) is 17.8 Å². The molecule has 11 heteroatoms. The van der Waals surface area contributed by atoms with Crippen LogP contribution in [0.15, 0.2) is 66.7 Å². The Morgan fingerprint density at radius 3 is 2.10 bits per heavy atom. The van der Waals surface area contributed by atoms with E-state index in [2.05, 4.69) is 0 Å². The number of aliphatic hydroxyl groups excluding tert-OH is 1. The van der Waals surface area contributed by atoms with E-state index in [1.54, 1.807) is 12.1 Å². The van der Waals surface area contributed by atoms with Gasteiger partial charge in [0.1, 0.15) is 57.7 Å². The molecule has 11 nitrogen and oxygen atoms in total. The van der Waals surface area contributed by atoms with Crippen LogP contribution in [0, 0.1) is 0 Å². The lowest BCUT2D eigenvalue weighted by Crippen LogP contribution is -2.55. The lowest BCUT2D eigenvalue weighted by molar-refractivity contribution is -0.218. The fourth-order valence-corrected chi connectivity index (χ4v) is 5.90. The van der Waals surface area contributed by atoms with Gasteiger partial charge in [0, 0.05) is 35.7 Å². The normalized spacial score (nSPS) is 25.6. The summed E-state index contributed by atoms with van der Waals surface area (Å²) in [6.45, 7) is 0. The molecule has 4 aromatic carbocycles. The monoisotopic (exact) mass is 558 g/mol. The average molecular weight is 558 g/mol. The Labute approximate surface area is 231 Å². The van der Waals surface area contributed by atoms with Gasteiger partial charge in [-0.2, -0.15) is 0 Å². The number of phenolic OH excluding ortho intramolecular Hbond substituents is 5. The number of carbonyl (C=O) groups excluding carboxylic acids is 1. The van der Waals surface area contributed by atoms with Crippen LogP contribution >= 0.6 is 0 Å². The van der Waals surface area contributed by atoms with Gasteiger partial charge >= 0.3 is 0 Å². The van der Waals surface area contributed by atoms with E-state index >= 15 is 0 Å². The molecule has 1 spiro atoms. The molecule has 0 bridgehead atoms. The van der Waals surface area contributed by atoms with Gasteiger partial charge in [0.25, 0.3) is 11.4 Å². The van der Waals surface area contributed by atoms with E-state index in [1.165, 1.54) is 42.5 Å². The van der Waals surface area contributed by atoms with Gasteiger partial charge in [-0.05, 0) is 42.0 Å². The molecule has 0 aromatic heterocycles. The van der Waals surface area contributed by atoms with Crippen molar-refractivity contribution in [1.29, 1.82) is 0 Å². The number of hydrogen-bond donors (Lipinski definition) is 7. The molecule has 3 aliphatic heterocycles. The molecule has 0 saturated carbocycles. The summed E-state index contributed by atoms with van der Waals surface area (Å²) in [6.07, 6.45) is -2.30. The highest BCUT2D eigenvalue weighted by Gasteiger charge is 2.73. The predicted octanol–water partition coefficient (Wildman–Crippen LogP) is 2.96. The Balaban J connectivity index is 1.50. The third-order valence-electron chi connectivity index (χ3n) is 7.78. The molecule has 0 aliphatic carbocycles. The van der Waals surface area contributed by atoms with Crippen molar-refractivity contribution in [3.63, 3.8) is 0 Å². The molecule has 41 heavy (non-hydrogen) atoms. The van der Waals surface area contributed by atoms with E-state index < -0.39 is 40.9 Å². The fourth-order valence-electron chi connectivity index (χ4n) is 5.90. The number of aromatic hydroxyl groups is 5. The summed E-state index contributed by atoms with van der Waals surface area (Å²) in [5.74, 6) is -5.55. The Hall–Kier alpha value is -5.13. The second-order valence-electron chi connectivity index (χ2n) is 10.2. The number of ketones is 1. The summed E-state index contributed by atoms with van der Waals surface area (Å²) in [6, 6.07) is 14.3. The topological polar surface area (TPSA) is 186 Å². The first-order valence-corrected chi connectivity index (χ1v) is 12.6. The van der Waals surface area contributed by atoms with Crippen molar-refractivity contribution in [3.05, 3.63) is 94.5 Å². The number of fused-ring (bicyclic) bond motifs is 5. The summed E-state index contributed by atoms with van der Waals surface area (Å²) in [5, 5.41) is 74.6. The zero-order valence-electron chi connectivity index (χ0n) is 21.0. The minimum Gasteiger partial charge on any atom is -0.508 e. The average Bonchev–Trinajstić information content (AvgIpc) is 3.36. The number of hydrogen-bond acceptors (Lipinski definition) is 11. The second kappa shape index (κ2) is 8.19. The standard InChI is InChI=1S/C30H22O11/c31-15-5-1-13(2-6-15)26-21(36)11-18-19(34)12-23-25(27(18)39-26)29(30(38,41-23)14-3-7-16(32)8-4-14)28(37)24-20(35)9-17(33)10-22(24)40-29/h1-10,12,21,26,31-36,38H,11H2/t21-,26+,29-,30+/m1/s1. The number of ether oxygens (including phenoxy) is 3. The van der Waals surface area contributed by atoms with Gasteiger partial charge in [0.15, 0.2) is 0 Å². The molecule has 0 unspecified atom stereocenters. The molecule has 208 valence electrons. The van der Waals surface area contributed by atoms with Crippen LogP contribution in [0.3, 0.4) is 0 Å². The van der Waals surface area contributed by atoms with Crippen LogP contribution in [0.25, 0.3) is 0 Å². The fraction of sp³-hybridized carbons (Fsp3) is 0.167. The first-order chi connectivity index (χ1) is 19.5. The molecule has 7 N–H and O–H groups in total. The van der Waals surface area contributed by atoms with Crippen LogP contribution in [0.5, 0.6) is 46.0 Å². The number of Topliss-reactive ketones (excluding diaryl/α,β-unsaturated/α-hetero) is 1. The van der Waals surface area contributed by atoms with Crippen molar-refractivity contribution in [3.8, 4) is 46.0 Å². The molecule has 3 aliphatic rings. The molecule has 0 radical (unpaired) electrons. The van der Waals surface area contributed by atoms with Gasteiger partial charge < -0.3 is 50.0 Å². The van der Waals surface area contributed by atoms with Crippen molar-refractivity contribution in [1.82, 2.24) is 0 Å². The maximum atomic E-state index is 14.3. The van der Waals surface area contributed by atoms with Crippen molar-refractivity contribution in [2.75, 3.05) is 0 Å². The summed E-state index contributed by atoms with van der Waals surface area (Å²) >= 11 is 0. The number of rotatable bonds is 2. The Morgan fingerprint density at radius 2 is 1.41 bits per heavy atom. The third-order valence-corrected chi connectivity index (χ3v) is 7.78. The van der Waals surface area contributed by atoms with Crippen molar-refractivity contribution in [2.45, 2.75) is 30.0 Å². The first-order valence-electron chi connectivity index (χ1n) is 12.6.